The van der Waals surface area contributed by atoms with Crippen LogP contribution in [-0.4, -0.2) is 28.9 Å². The van der Waals surface area contributed by atoms with E-state index >= 15 is 0 Å². The van der Waals surface area contributed by atoms with E-state index in [-0.39, 0.29) is 17.1 Å². The lowest BCUT2D eigenvalue weighted by Crippen LogP contribution is -2.29. The van der Waals surface area contributed by atoms with Crippen molar-refractivity contribution in [3.63, 3.8) is 0 Å². The van der Waals surface area contributed by atoms with Gasteiger partial charge in [0.15, 0.2) is 0 Å². The Labute approximate surface area is 87.1 Å². The Bertz CT molecular complexity index is 399. The van der Waals surface area contributed by atoms with Crippen LogP contribution in [0.15, 0.2) is 17.1 Å². The fourth-order valence-electron chi connectivity index (χ4n) is 0.935. The average molecular weight is 212 g/mol. The zero-order valence-electron chi connectivity index (χ0n) is 8.10. The fourth-order valence-corrected chi connectivity index (χ4v) is 1.06. The number of nitrogens with zero attached hydrogens (tertiary/aromatic N) is 3. The molecule has 0 aliphatic heterocycles. The average Bonchev–Trinajstić information content (AvgIpc) is 2.07. The lowest BCUT2D eigenvalue weighted by molar-refractivity contribution is 0.671. The van der Waals surface area contributed by atoms with Crippen LogP contribution in [0.3, 0.4) is 0 Å². The van der Waals surface area contributed by atoms with Crippen LogP contribution in [0.25, 0.3) is 0 Å². The number of rotatable bonds is 3. The van der Waals surface area contributed by atoms with Crippen molar-refractivity contribution >= 4 is 22.9 Å². The second-order valence-corrected chi connectivity index (χ2v) is 3.59. The number of anilines is 1. The normalized spacial score (nSPS) is 9.86. The van der Waals surface area contributed by atoms with Crippen LogP contribution in [0.5, 0.6) is 0 Å². The van der Waals surface area contributed by atoms with Gasteiger partial charge in [0, 0.05) is 20.2 Å². The highest BCUT2D eigenvalue weighted by atomic mass is 32.1. The third kappa shape index (κ3) is 2.53. The van der Waals surface area contributed by atoms with E-state index in [1.165, 1.54) is 10.7 Å². The minimum Gasteiger partial charge on any atom is -0.392 e. The predicted octanol–water partition coefficient (Wildman–Crippen LogP) is -0.405. The van der Waals surface area contributed by atoms with Gasteiger partial charge in [0.2, 0.25) is 0 Å². The smallest absolute Gasteiger partial charge is 0.269 e. The van der Waals surface area contributed by atoms with Gasteiger partial charge in [-0.3, -0.25) is 4.79 Å². The Balaban J connectivity index is 3.02. The molecule has 1 heterocycles. The molecule has 1 aromatic rings. The zero-order valence-corrected chi connectivity index (χ0v) is 8.91. The summed E-state index contributed by atoms with van der Waals surface area (Å²) in [4.78, 5) is 13.5. The van der Waals surface area contributed by atoms with Crippen LogP contribution in [0, 0.1) is 0 Å². The summed E-state index contributed by atoms with van der Waals surface area (Å²) in [6.07, 6.45) is 1.60. The molecule has 0 aromatic carbocycles. The SMILES string of the molecule is CN(C)c1cnn(CC(N)=S)c(=O)c1. The summed E-state index contributed by atoms with van der Waals surface area (Å²) in [5.74, 6) is 0. The first-order chi connectivity index (χ1) is 6.50. The van der Waals surface area contributed by atoms with Crippen molar-refractivity contribution in [2.24, 2.45) is 5.73 Å². The molecule has 0 bridgehead atoms. The van der Waals surface area contributed by atoms with Gasteiger partial charge in [-0.15, -0.1) is 0 Å². The van der Waals surface area contributed by atoms with E-state index in [1.54, 1.807) is 11.1 Å². The minimum atomic E-state index is -0.205. The third-order valence-electron chi connectivity index (χ3n) is 1.68. The summed E-state index contributed by atoms with van der Waals surface area (Å²) in [5.41, 5.74) is 5.87. The molecule has 1 aromatic heterocycles. The summed E-state index contributed by atoms with van der Waals surface area (Å²) >= 11 is 4.69. The maximum atomic E-state index is 11.4. The maximum Gasteiger partial charge on any atom is 0.269 e. The maximum absolute atomic E-state index is 11.4. The molecule has 2 N–H and O–H groups in total. The molecule has 5 nitrogen and oxygen atoms in total. The van der Waals surface area contributed by atoms with Crippen LogP contribution >= 0.6 is 12.2 Å². The summed E-state index contributed by atoms with van der Waals surface area (Å²) in [6, 6.07) is 1.49. The molecule has 0 saturated heterocycles. The van der Waals surface area contributed by atoms with Gasteiger partial charge in [-0.25, -0.2) is 4.68 Å². The van der Waals surface area contributed by atoms with Crippen LogP contribution in [0.2, 0.25) is 0 Å². The Kier molecular flexibility index (Phi) is 3.19. The molecule has 0 aliphatic rings. The van der Waals surface area contributed by atoms with Crippen molar-refractivity contribution in [3.8, 4) is 0 Å². The molecule has 0 atom stereocenters. The number of thiocarbonyl (C=S) groups is 1. The molecule has 1 rings (SSSR count). The van der Waals surface area contributed by atoms with Crippen LogP contribution in [0.1, 0.15) is 0 Å². The van der Waals surface area contributed by atoms with Gasteiger partial charge >= 0.3 is 0 Å². The van der Waals surface area contributed by atoms with E-state index in [0.717, 1.165) is 5.69 Å². The largest absolute Gasteiger partial charge is 0.392 e. The highest BCUT2D eigenvalue weighted by Gasteiger charge is 2.01. The Morgan fingerprint density at radius 1 is 1.71 bits per heavy atom. The van der Waals surface area contributed by atoms with Gasteiger partial charge in [0.1, 0.15) is 0 Å². The zero-order chi connectivity index (χ0) is 10.7. The van der Waals surface area contributed by atoms with Crippen molar-refractivity contribution in [2.45, 2.75) is 6.54 Å². The van der Waals surface area contributed by atoms with Crippen molar-refractivity contribution < 1.29 is 0 Å². The molecule has 0 saturated carbocycles. The Hall–Kier alpha value is -1.43. The molecule has 0 fully saturated rings. The Morgan fingerprint density at radius 2 is 2.36 bits per heavy atom. The van der Waals surface area contributed by atoms with E-state index in [4.69, 9.17) is 5.73 Å². The van der Waals surface area contributed by atoms with Crippen molar-refractivity contribution in [2.75, 3.05) is 19.0 Å². The molecule has 0 amide bonds. The standard InChI is InChI=1S/C8H12N4OS/c1-11(2)6-3-8(13)12(10-4-6)5-7(9)14/h3-4H,5H2,1-2H3,(H2,9,14). The van der Waals surface area contributed by atoms with Crippen LogP contribution < -0.4 is 16.2 Å². The van der Waals surface area contributed by atoms with E-state index < -0.39 is 0 Å². The Morgan fingerprint density at radius 3 is 2.79 bits per heavy atom. The van der Waals surface area contributed by atoms with Crippen molar-refractivity contribution in [1.29, 1.82) is 0 Å². The van der Waals surface area contributed by atoms with Gasteiger partial charge < -0.3 is 10.6 Å². The lowest BCUT2D eigenvalue weighted by atomic mass is 10.4. The molecule has 0 unspecified atom stereocenters. The predicted molar refractivity (Wildman–Crippen MR) is 59.6 cm³/mol. The summed E-state index contributed by atoms with van der Waals surface area (Å²) in [6.45, 7) is 0.182. The second kappa shape index (κ2) is 4.19. The second-order valence-electron chi connectivity index (χ2n) is 3.07. The van der Waals surface area contributed by atoms with Crippen LogP contribution in [0.4, 0.5) is 5.69 Å². The molecule has 0 radical (unpaired) electrons. The van der Waals surface area contributed by atoms with Crippen LogP contribution in [-0.2, 0) is 6.54 Å². The van der Waals surface area contributed by atoms with Crippen molar-refractivity contribution in [1.82, 2.24) is 9.78 Å². The molecule has 0 aliphatic carbocycles. The fraction of sp³-hybridized carbons (Fsp3) is 0.375. The minimum absolute atomic E-state index is 0.182. The van der Waals surface area contributed by atoms with E-state index in [9.17, 15) is 4.79 Å². The molecule has 76 valence electrons. The highest BCUT2D eigenvalue weighted by Crippen LogP contribution is 2.02. The number of aromatic nitrogens is 2. The summed E-state index contributed by atoms with van der Waals surface area (Å²) in [5, 5.41) is 3.93. The van der Waals surface area contributed by atoms with Crippen molar-refractivity contribution in [3.05, 3.63) is 22.6 Å². The number of hydrogen-bond donors (Lipinski definition) is 1. The lowest BCUT2D eigenvalue weighted by Gasteiger charge is -2.11. The topological polar surface area (TPSA) is 64.2 Å². The summed E-state index contributed by atoms with van der Waals surface area (Å²) < 4.78 is 1.23. The first kappa shape index (κ1) is 10.6. The van der Waals surface area contributed by atoms with Gasteiger partial charge in [0.05, 0.1) is 23.4 Å². The molecule has 6 heteroatoms. The van der Waals surface area contributed by atoms with Gasteiger partial charge in [-0.05, 0) is 0 Å². The van der Waals surface area contributed by atoms with Gasteiger partial charge in [-0.1, -0.05) is 12.2 Å². The quantitative estimate of drug-likeness (QED) is 0.690. The third-order valence-corrected chi connectivity index (χ3v) is 1.81. The molecular weight excluding hydrogens is 200 g/mol. The van der Waals surface area contributed by atoms with Gasteiger partial charge in [0.25, 0.3) is 5.56 Å². The van der Waals surface area contributed by atoms with Gasteiger partial charge in [-0.2, -0.15) is 5.10 Å². The number of hydrogen-bond acceptors (Lipinski definition) is 4. The summed E-state index contributed by atoms with van der Waals surface area (Å²) in [7, 11) is 3.68. The number of nitrogens with two attached hydrogens (primary N) is 1. The molecular formula is C8H12N4OS. The van der Waals surface area contributed by atoms with E-state index in [2.05, 4.69) is 17.3 Å². The molecule has 0 spiro atoms. The monoisotopic (exact) mass is 212 g/mol. The highest BCUT2D eigenvalue weighted by molar-refractivity contribution is 7.80. The first-order valence-corrected chi connectivity index (χ1v) is 4.44. The molecule has 14 heavy (non-hydrogen) atoms. The van der Waals surface area contributed by atoms with E-state index in [1.807, 2.05) is 14.1 Å². The first-order valence-electron chi connectivity index (χ1n) is 4.03. The van der Waals surface area contributed by atoms with E-state index in [0.29, 0.717) is 0 Å².